The van der Waals surface area contributed by atoms with Gasteiger partial charge in [-0.1, -0.05) is 18.3 Å². The second-order valence-electron chi connectivity index (χ2n) is 4.05. The molecule has 2 atom stereocenters. The van der Waals surface area contributed by atoms with Gasteiger partial charge in [0, 0.05) is 12.7 Å². The molecular weight excluding hydrogens is 224 g/mol. The van der Waals surface area contributed by atoms with Gasteiger partial charge in [0.15, 0.2) is 5.13 Å². The van der Waals surface area contributed by atoms with Crippen molar-refractivity contribution in [3.63, 3.8) is 0 Å². The molecule has 2 rings (SSSR count). The van der Waals surface area contributed by atoms with Crippen LogP contribution in [-0.4, -0.2) is 35.9 Å². The van der Waals surface area contributed by atoms with E-state index in [1.807, 2.05) is 0 Å². The van der Waals surface area contributed by atoms with Gasteiger partial charge in [-0.3, -0.25) is 0 Å². The molecule has 5 heteroatoms. The van der Waals surface area contributed by atoms with Gasteiger partial charge in [-0.2, -0.15) is 0 Å². The van der Waals surface area contributed by atoms with E-state index in [9.17, 15) is 5.11 Å². The van der Waals surface area contributed by atoms with Crippen LogP contribution in [0, 0.1) is 0 Å². The largest absolute Gasteiger partial charge is 0.388 e. The van der Waals surface area contributed by atoms with Crippen molar-refractivity contribution < 1.29 is 9.84 Å². The molecule has 0 saturated carbocycles. The molecule has 4 nitrogen and oxygen atoms in total. The third-order valence-electron chi connectivity index (χ3n) is 2.87. The highest BCUT2D eigenvalue weighted by atomic mass is 32.1. The minimum absolute atomic E-state index is 0.418. The summed E-state index contributed by atoms with van der Waals surface area (Å²) in [5.74, 6) is 0. The topological polar surface area (TPSA) is 45.6 Å². The Morgan fingerprint density at radius 1 is 1.75 bits per heavy atom. The lowest BCUT2D eigenvalue weighted by molar-refractivity contribution is 0.0930. The number of aromatic nitrogens is 1. The first-order chi connectivity index (χ1) is 7.72. The molecule has 0 spiro atoms. The highest BCUT2D eigenvalue weighted by Crippen LogP contribution is 2.29. The van der Waals surface area contributed by atoms with Gasteiger partial charge >= 0.3 is 0 Å². The van der Waals surface area contributed by atoms with Crippen molar-refractivity contribution in [2.75, 3.05) is 24.7 Å². The van der Waals surface area contributed by atoms with Crippen LogP contribution in [0.4, 0.5) is 5.13 Å². The highest BCUT2D eigenvalue weighted by molar-refractivity contribution is 7.15. The number of ether oxygens (including phenoxy) is 1. The van der Waals surface area contributed by atoms with Crippen LogP contribution in [-0.2, 0) is 4.74 Å². The van der Waals surface area contributed by atoms with E-state index >= 15 is 0 Å². The fourth-order valence-corrected chi connectivity index (χ4v) is 2.80. The molecule has 0 aliphatic carbocycles. The minimum atomic E-state index is -0.424. The van der Waals surface area contributed by atoms with Crippen molar-refractivity contribution in [2.24, 2.45) is 0 Å². The number of nitrogens with zero attached hydrogens (tertiary/aromatic N) is 2. The number of thiazole rings is 1. The molecule has 0 bridgehead atoms. The first-order valence-electron chi connectivity index (χ1n) is 5.70. The van der Waals surface area contributed by atoms with Crippen LogP contribution in [0.5, 0.6) is 0 Å². The molecule has 1 aliphatic heterocycles. The van der Waals surface area contributed by atoms with Crippen LogP contribution in [0.25, 0.3) is 0 Å². The van der Waals surface area contributed by atoms with Crippen LogP contribution in [0.1, 0.15) is 31.2 Å². The molecule has 1 fully saturated rings. The number of hydrogen-bond acceptors (Lipinski definition) is 5. The second kappa shape index (κ2) is 5.12. The first kappa shape index (κ1) is 11.8. The summed E-state index contributed by atoms with van der Waals surface area (Å²) in [6.45, 7) is 6.37. The standard InChI is InChI=1S/C11H18N2O2S/c1-3-9-7-15-5-4-13(9)11-12-6-10(16-11)8(2)14/h6,8-9,14H,3-5,7H2,1-2H3. The van der Waals surface area contributed by atoms with Gasteiger partial charge in [-0.25, -0.2) is 4.98 Å². The zero-order valence-corrected chi connectivity index (χ0v) is 10.5. The molecule has 1 aromatic heterocycles. The van der Waals surface area contributed by atoms with Crippen LogP contribution >= 0.6 is 11.3 Å². The third-order valence-corrected chi connectivity index (χ3v) is 4.07. The number of anilines is 1. The molecule has 1 N–H and O–H groups in total. The average molecular weight is 242 g/mol. The predicted molar refractivity (Wildman–Crippen MR) is 65.0 cm³/mol. The second-order valence-corrected chi connectivity index (χ2v) is 5.09. The Balaban J connectivity index is 2.14. The molecule has 1 aliphatic rings. The Morgan fingerprint density at radius 3 is 3.19 bits per heavy atom. The fourth-order valence-electron chi connectivity index (χ4n) is 1.85. The molecule has 16 heavy (non-hydrogen) atoms. The summed E-state index contributed by atoms with van der Waals surface area (Å²) in [7, 11) is 0. The van der Waals surface area contributed by atoms with Gasteiger partial charge in [-0.15, -0.1) is 0 Å². The summed E-state index contributed by atoms with van der Waals surface area (Å²) in [5.41, 5.74) is 0. The molecule has 0 aromatic carbocycles. The zero-order valence-electron chi connectivity index (χ0n) is 9.72. The first-order valence-corrected chi connectivity index (χ1v) is 6.52. The van der Waals surface area contributed by atoms with Crippen molar-refractivity contribution >= 4 is 16.5 Å². The molecular formula is C11H18N2O2S. The summed E-state index contributed by atoms with van der Waals surface area (Å²) >= 11 is 1.58. The third kappa shape index (κ3) is 2.36. The maximum absolute atomic E-state index is 9.49. The van der Waals surface area contributed by atoms with Gasteiger partial charge in [0.2, 0.25) is 0 Å². The Morgan fingerprint density at radius 2 is 2.56 bits per heavy atom. The van der Waals surface area contributed by atoms with E-state index < -0.39 is 6.10 Å². The summed E-state index contributed by atoms with van der Waals surface area (Å²) in [5, 5.41) is 10.5. The van der Waals surface area contributed by atoms with Crippen molar-refractivity contribution in [3.8, 4) is 0 Å². The van der Waals surface area contributed by atoms with E-state index in [1.165, 1.54) is 0 Å². The lowest BCUT2D eigenvalue weighted by Gasteiger charge is -2.34. The fraction of sp³-hybridized carbons (Fsp3) is 0.727. The quantitative estimate of drug-likeness (QED) is 0.878. The molecule has 0 amide bonds. The van der Waals surface area contributed by atoms with Crippen molar-refractivity contribution in [1.82, 2.24) is 4.98 Å². The molecule has 2 unspecified atom stereocenters. The SMILES string of the molecule is CCC1COCCN1c1ncc(C(C)O)s1. The predicted octanol–water partition coefficient (Wildman–Crippen LogP) is 1.81. The van der Waals surface area contributed by atoms with E-state index in [0.717, 1.165) is 36.2 Å². The molecule has 1 aromatic rings. The van der Waals surface area contributed by atoms with Crippen molar-refractivity contribution in [2.45, 2.75) is 32.4 Å². The normalized spacial score (nSPS) is 23.4. The van der Waals surface area contributed by atoms with Gasteiger partial charge in [0.1, 0.15) is 0 Å². The smallest absolute Gasteiger partial charge is 0.186 e. The van der Waals surface area contributed by atoms with Gasteiger partial charge in [0.05, 0.1) is 30.2 Å². The highest BCUT2D eigenvalue weighted by Gasteiger charge is 2.24. The molecule has 90 valence electrons. The number of morpholine rings is 1. The Hall–Kier alpha value is -0.650. The maximum atomic E-state index is 9.49. The van der Waals surface area contributed by atoms with Gasteiger partial charge in [-0.05, 0) is 13.3 Å². The molecule has 2 heterocycles. The van der Waals surface area contributed by atoms with Crippen LogP contribution in [0.15, 0.2) is 6.20 Å². The molecule has 0 radical (unpaired) electrons. The van der Waals surface area contributed by atoms with Crippen LogP contribution in [0.2, 0.25) is 0 Å². The lowest BCUT2D eigenvalue weighted by Crippen LogP contribution is -2.45. The van der Waals surface area contributed by atoms with E-state index in [4.69, 9.17) is 4.74 Å². The van der Waals surface area contributed by atoms with Crippen molar-refractivity contribution in [1.29, 1.82) is 0 Å². The van der Waals surface area contributed by atoms with Crippen molar-refractivity contribution in [3.05, 3.63) is 11.1 Å². The zero-order chi connectivity index (χ0) is 11.5. The maximum Gasteiger partial charge on any atom is 0.186 e. The van der Waals surface area contributed by atoms with Crippen LogP contribution in [0.3, 0.4) is 0 Å². The Kier molecular flexibility index (Phi) is 3.78. The molecule has 1 saturated heterocycles. The Labute approximate surface area is 99.9 Å². The van der Waals surface area contributed by atoms with E-state index in [0.29, 0.717) is 6.04 Å². The summed E-state index contributed by atoms with van der Waals surface area (Å²) < 4.78 is 5.46. The Bertz CT molecular complexity index is 340. The average Bonchev–Trinajstić information content (AvgIpc) is 2.78. The summed E-state index contributed by atoms with van der Waals surface area (Å²) in [4.78, 5) is 7.61. The van der Waals surface area contributed by atoms with Gasteiger partial charge in [0.25, 0.3) is 0 Å². The van der Waals surface area contributed by atoms with E-state index in [2.05, 4.69) is 16.8 Å². The number of aliphatic hydroxyl groups is 1. The number of aliphatic hydroxyl groups excluding tert-OH is 1. The minimum Gasteiger partial charge on any atom is -0.388 e. The van der Waals surface area contributed by atoms with Crippen LogP contribution < -0.4 is 4.90 Å². The number of hydrogen-bond donors (Lipinski definition) is 1. The van der Waals surface area contributed by atoms with Gasteiger partial charge < -0.3 is 14.7 Å². The summed E-state index contributed by atoms with van der Waals surface area (Å²) in [6, 6.07) is 0.418. The number of rotatable bonds is 3. The monoisotopic (exact) mass is 242 g/mol. The van der Waals surface area contributed by atoms with E-state index in [-0.39, 0.29) is 0 Å². The summed E-state index contributed by atoms with van der Waals surface area (Å²) in [6.07, 6.45) is 2.41. The van der Waals surface area contributed by atoms with E-state index in [1.54, 1.807) is 24.5 Å². The lowest BCUT2D eigenvalue weighted by atomic mass is 10.2.